The molecule has 26 heavy (non-hydrogen) atoms. The number of ether oxygens (including phenoxy) is 1. The van der Waals surface area contributed by atoms with Crippen molar-refractivity contribution in [1.29, 1.82) is 0 Å². The Morgan fingerprint density at radius 3 is 2.54 bits per heavy atom. The van der Waals surface area contributed by atoms with Gasteiger partial charge in [0.15, 0.2) is 0 Å². The molecule has 0 spiro atoms. The van der Waals surface area contributed by atoms with Crippen LogP contribution in [0.2, 0.25) is 5.02 Å². The molecule has 2 aromatic carbocycles. The predicted octanol–water partition coefficient (Wildman–Crippen LogP) is 7.13. The average Bonchev–Trinajstić information content (AvgIpc) is 2.64. The molecule has 0 saturated carbocycles. The van der Waals surface area contributed by atoms with Crippen LogP contribution >= 0.6 is 27.5 Å². The molecule has 0 aliphatic heterocycles. The zero-order valence-electron chi connectivity index (χ0n) is 15.6. The number of halogens is 2. The van der Waals surface area contributed by atoms with Crippen molar-refractivity contribution < 1.29 is 4.74 Å². The molecule has 4 heteroatoms. The maximum absolute atomic E-state index is 6.22. The number of benzene rings is 2. The second-order valence-corrected chi connectivity index (χ2v) is 7.90. The molecule has 0 saturated heterocycles. The summed E-state index contributed by atoms with van der Waals surface area (Å²) in [5, 5.41) is 4.29. The lowest BCUT2D eigenvalue weighted by molar-refractivity contribution is 0.302. The zero-order valence-corrected chi connectivity index (χ0v) is 17.9. The van der Waals surface area contributed by atoms with Gasteiger partial charge in [-0.2, -0.15) is 0 Å². The monoisotopic (exact) mass is 437 g/mol. The van der Waals surface area contributed by atoms with Crippen LogP contribution in [0.5, 0.6) is 5.75 Å². The molecule has 0 amide bonds. The van der Waals surface area contributed by atoms with Crippen molar-refractivity contribution in [1.82, 2.24) is 5.32 Å². The molecule has 0 fully saturated rings. The van der Waals surface area contributed by atoms with Crippen LogP contribution in [0.25, 0.3) is 0 Å². The molecule has 0 heterocycles. The predicted molar refractivity (Wildman–Crippen MR) is 115 cm³/mol. The third kappa shape index (κ3) is 7.69. The SMILES string of the molecule is CCCCCCCCNCc1cc(Br)ccc1OCc1ccccc1Cl. The highest BCUT2D eigenvalue weighted by Gasteiger charge is 2.06. The summed E-state index contributed by atoms with van der Waals surface area (Å²) >= 11 is 9.78. The van der Waals surface area contributed by atoms with Crippen LogP contribution in [-0.2, 0) is 13.2 Å². The standard InChI is InChI=1S/C22H29BrClNO/c1-2-3-4-5-6-9-14-25-16-19-15-20(23)12-13-22(19)26-17-18-10-7-8-11-21(18)24/h7-8,10-13,15,25H,2-6,9,14,16-17H2,1H3. The lowest BCUT2D eigenvalue weighted by atomic mass is 10.1. The van der Waals surface area contributed by atoms with Gasteiger partial charge in [-0.15, -0.1) is 0 Å². The Balaban J connectivity index is 1.80. The van der Waals surface area contributed by atoms with E-state index in [1.165, 1.54) is 38.5 Å². The van der Waals surface area contributed by atoms with Gasteiger partial charge in [0.05, 0.1) is 0 Å². The quantitative estimate of drug-likeness (QED) is 0.356. The molecule has 0 bridgehead atoms. The zero-order chi connectivity index (χ0) is 18.6. The van der Waals surface area contributed by atoms with Crippen molar-refractivity contribution in [3.63, 3.8) is 0 Å². The number of rotatable bonds is 12. The highest BCUT2D eigenvalue weighted by molar-refractivity contribution is 9.10. The first-order valence-corrected chi connectivity index (χ1v) is 10.7. The molecule has 0 aliphatic carbocycles. The Morgan fingerprint density at radius 2 is 1.73 bits per heavy atom. The Hall–Kier alpha value is -1.03. The molecule has 1 N–H and O–H groups in total. The van der Waals surface area contributed by atoms with Crippen LogP contribution in [0, 0.1) is 0 Å². The summed E-state index contributed by atoms with van der Waals surface area (Å²) in [6.07, 6.45) is 7.91. The van der Waals surface area contributed by atoms with Crippen LogP contribution in [0.15, 0.2) is 46.9 Å². The minimum atomic E-state index is 0.478. The molecule has 0 aromatic heterocycles. The van der Waals surface area contributed by atoms with E-state index in [9.17, 15) is 0 Å². The minimum absolute atomic E-state index is 0.478. The van der Waals surface area contributed by atoms with Crippen molar-refractivity contribution in [3.8, 4) is 5.75 Å². The van der Waals surface area contributed by atoms with E-state index in [0.717, 1.165) is 39.5 Å². The first-order valence-electron chi connectivity index (χ1n) is 9.56. The fraction of sp³-hybridized carbons (Fsp3) is 0.455. The van der Waals surface area contributed by atoms with Crippen LogP contribution < -0.4 is 10.1 Å². The molecule has 0 aliphatic rings. The summed E-state index contributed by atoms with van der Waals surface area (Å²) in [5.74, 6) is 0.906. The second-order valence-electron chi connectivity index (χ2n) is 6.58. The van der Waals surface area contributed by atoms with Gasteiger partial charge in [-0.1, -0.05) is 84.8 Å². The van der Waals surface area contributed by atoms with E-state index >= 15 is 0 Å². The van der Waals surface area contributed by atoms with Gasteiger partial charge in [-0.3, -0.25) is 0 Å². The molecular weight excluding hydrogens is 410 g/mol. The molecule has 0 unspecified atom stereocenters. The maximum atomic E-state index is 6.22. The third-order valence-corrected chi connectivity index (χ3v) is 5.25. The third-order valence-electron chi connectivity index (χ3n) is 4.39. The number of unbranched alkanes of at least 4 members (excludes halogenated alkanes) is 5. The molecule has 2 rings (SSSR count). The van der Waals surface area contributed by atoms with Gasteiger partial charge in [0.25, 0.3) is 0 Å². The van der Waals surface area contributed by atoms with Gasteiger partial charge in [0, 0.05) is 27.2 Å². The van der Waals surface area contributed by atoms with Crippen molar-refractivity contribution >= 4 is 27.5 Å². The summed E-state index contributed by atoms with van der Waals surface area (Å²) in [4.78, 5) is 0. The number of nitrogens with one attached hydrogen (secondary N) is 1. The Morgan fingerprint density at radius 1 is 0.962 bits per heavy atom. The Kier molecular flexibility index (Phi) is 10.1. The lowest BCUT2D eigenvalue weighted by Crippen LogP contribution is -2.15. The van der Waals surface area contributed by atoms with E-state index < -0.39 is 0 Å². The average molecular weight is 439 g/mol. The Labute approximate surface area is 171 Å². The van der Waals surface area contributed by atoms with E-state index in [1.807, 2.05) is 36.4 Å². The summed E-state index contributed by atoms with van der Waals surface area (Å²) in [6, 6.07) is 14.0. The maximum Gasteiger partial charge on any atom is 0.124 e. The van der Waals surface area contributed by atoms with E-state index in [-0.39, 0.29) is 0 Å². The van der Waals surface area contributed by atoms with Crippen LogP contribution in [-0.4, -0.2) is 6.54 Å². The first kappa shape index (κ1) is 21.3. The fourth-order valence-corrected chi connectivity index (χ4v) is 3.45. The summed E-state index contributed by atoms with van der Waals surface area (Å²) < 4.78 is 7.10. The number of hydrogen-bond acceptors (Lipinski definition) is 2. The normalized spacial score (nSPS) is 10.9. The minimum Gasteiger partial charge on any atom is -0.489 e. The van der Waals surface area contributed by atoms with Gasteiger partial charge in [0.2, 0.25) is 0 Å². The molecule has 2 nitrogen and oxygen atoms in total. The summed E-state index contributed by atoms with van der Waals surface area (Å²) in [5.41, 5.74) is 2.17. The first-order chi connectivity index (χ1) is 12.7. The van der Waals surface area contributed by atoms with Gasteiger partial charge in [-0.05, 0) is 37.2 Å². The molecule has 0 atom stereocenters. The van der Waals surface area contributed by atoms with Crippen LogP contribution in [0.3, 0.4) is 0 Å². The summed E-state index contributed by atoms with van der Waals surface area (Å²) in [7, 11) is 0. The van der Waals surface area contributed by atoms with E-state index in [0.29, 0.717) is 6.61 Å². The van der Waals surface area contributed by atoms with Gasteiger partial charge in [0.1, 0.15) is 12.4 Å². The molecule has 142 valence electrons. The van der Waals surface area contributed by atoms with E-state index in [1.54, 1.807) is 0 Å². The van der Waals surface area contributed by atoms with Crippen molar-refractivity contribution in [2.24, 2.45) is 0 Å². The largest absolute Gasteiger partial charge is 0.489 e. The molecule has 2 aromatic rings. The topological polar surface area (TPSA) is 21.3 Å². The lowest BCUT2D eigenvalue weighted by Gasteiger charge is -2.13. The number of hydrogen-bond donors (Lipinski definition) is 1. The van der Waals surface area contributed by atoms with E-state index in [2.05, 4.69) is 34.2 Å². The second kappa shape index (κ2) is 12.4. The van der Waals surface area contributed by atoms with Crippen LogP contribution in [0.4, 0.5) is 0 Å². The van der Waals surface area contributed by atoms with E-state index in [4.69, 9.17) is 16.3 Å². The van der Waals surface area contributed by atoms with Gasteiger partial charge >= 0.3 is 0 Å². The smallest absolute Gasteiger partial charge is 0.124 e. The molecular formula is C22H29BrClNO. The van der Waals surface area contributed by atoms with Crippen molar-refractivity contribution in [2.45, 2.75) is 58.6 Å². The summed E-state index contributed by atoms with van der Waals surface area (Å²) in [6.45, 7) is 4.59. The Bertz CT molecular complexity index is 662. The van der Waals surface area contributed by atoms with Crippen LogP contribution in [0.1, 0.15) is 56.6 Å². The molecule has 0 radical (unpaired) electrons. The fourth-order valence-electron chi connectivity index (χ4n) is 2.85. The highest BCUT2D eigenvalue weighted by atomic mass is 79.9. The van der Waals surface area contributed by atoms with Crippen molar-refractivity contribution in [3.05, 3.63) is 63.1 Å². The van der Waals surface area contributed by atoms with Crippen molar-refractivity contribution in [2.75, 3.05) is 6.54 Å². The highest BCUT2D eigenvalue weighted by Crippen LogP contribution is 2.25. The van der Waals surface area contributed by atoms with Gasteiger partial charge < -0.3 is 10.1 Å². The van der Waals surface area contributed by atoms with Gasteiger partial charge in [-0.25, -0.2) is 0 Å².